The first kappa shape index (κ1) is 21.1. The molecule has 0 radical (unpaired) electrons. The van der Waals surface area contributed by atoms with Gasteiger partial charge in [0.25, 0.3) is 0 Å². The third kappa shape index (κ3) is 6.17. The number of aromatic nitrogens is 1. The van der Waals surface area contributed by atoms with Crippen LogP contribution in [0.15, 0.2) is 42.6 Å². The molecule has 2 heterocycles. The minimum absolute atomic E-state index is 0.363. The van der Waals surface area contributed by atoms with Crippen molar-refractivity contribution in [3.8, 4) is 5.75 Å². The van der Waals surface area contributed by atoms with Crippen LogP contribution in [0, 0.1) is 5.92 Å². The fourth-order valence-electron chi connectivity index (χ4n) is 3.32. The van der Waals surface area contributed by atoms with Gasteiger partial charge in [-0.25, -0.2) is 0 Å². The van der Waals surface area contributed by atoms with Crippen molar-refractivity contribution in [3.63, 3.8) is 0 Å². The molecule has 2 aromatic rings. The number of methoxy groups -OCH3 is 1. The van der Waals surface area contributed by atoms with Crippen molar-refractivity contribution in [2.45, 2.75) is 19.4 Å². The van der Waals surface area contributed by atoms with Crippen LogP contribution in [0.25, 0.3) is 0 Å². The van der Waals surface area contributed by atoms with Crippen LogP contribution in [0.4, 0.5) is 5.69 Å². The van der Waals surface area contributed by atoms with Gasteiger partial charge in [-0.05, 0) is 62.2 Å². The third-order valence-corrected chi connectivity index (χ3v) is 5.28. The predicted octanol–water partition coefficient (Wildman–Crippen LogP) is 2.71. The topological polar surface area (TPSA) is 83.6 Å². The Morgan fingerprint density at radius 1 is 1.21 bits per heavy atom. The number of rotatable bonds is 6. The summed E-state index contributed by atoms with van der Waals surface area (Å²) in [7, 11) is 1.51. The highest BCUT2D eigenvalue weighted by atomic mass is 35.5. The molecule has 0 atom stereocenters. The molecule has 1 aromatic carbocycles. The third-order valence-electron chi connectivity index (χ3n) is 4.99. The average molecular weight is 417 g/mol. The lowest BCUT2D eigenvalue weighted by atomic mass is 9.96. The van der Waals surface area contributed by atoms with Crippen LogP contribution in [0.5, 0.6) is 5.75 Å². The number of pyridine rings is 1. The molecule has 1 aliphatic heterocycles. The first-order valence-corrected chi connectivity index (χ1v) is 9.98. The highest BCUT2D eigenvalue weighted by Crippen LogP contribution is 2.27. The lowest BCUT2D eigenvalue weighted by Crippen LogP contribution is -2.41. The number of carbonyl (C=O) groups excluding carboxylic acids is 2. The largest absolute Gasteiger partial charge is 0.495 e. The Balaban J connectivity index is 1.39. The number of amides is 2. The van der Waals surface area contributed by atoms with E-state index in [0.717, 1.165) is 38.2 Å². The Kier molecular flexibility index (Phi) is 7.43. The predicted molar refractivity (Wildman–Crippen MR) is 112 cm³/mol. The van der Waals surface area contributed by atoms with E-state index in [4.69, 9.17) is 16.3 Å². The van der Waals surface area contributed by atoms with E-state index in [-0.39, 0.29) is 0 Å². The van der Waals surface area contributed by atoms with Crippen LogP contribution >= 0.6 is 11.6 Å². The number of anilines is 1. The van der Waals surface area contributed by atoms with Gasteiger partial charge >= 0.3 is 11.8 Å². The van der Waals surface area contributed by atoms with E-state index in [1.807, 2.05) is 24.4 Å². The summed E-state index contributed by atoms with van der Waals surface area (Å²) in [4.78, 5) is 30.9. The Bertz CT molecular complexity index is 839. The molecule has 2 N–H and O–H groups in total. The number of hydrogen-bond acceptors (Lipinski definition) is 5. The SMILES string of the molecule is COc1ccc(NC(=O)C(=O)NCC2CCN(Cc3ccccn3)CC2)cc1Cl. The summed E-state index contributed by atoms with van der Waals surface area (Å²) in [6.07, 6.45) is 3.76. The lowest BCUT2D eigenvalue weighted by molar-refractivity contribution is -0.136. The van der Waals surface area contributed by atoms with Crippen LogP contribution in [0.3, 0.4) is 0 Å². The molecule has 7 nitrogen and oxygen atoms in total. The van der Waals surface area contributed by atoms with Crippen molar-refractivity contribution in [1.29, 1.82) is 0 Å². The maximum atomic E-state index is 12.1. The van der Waals surface area contributed by atoms with Crippen molar-refractivity contribution in [2.24, 2.45) is 5.92 Å². The number of ether oxygens (including phenoxy) is 1. The molecule has 154 valence electrons. The maximum Gasteiger partial charge on any atom is 0.313 e. The lowest BCUT2D eigenvalue weighted by Gasteiger charge is -2.31. The van der Waals surface area contributed by atoms with Crippen LogP contribution < -0.4 is 15.4 Å². The maximum absolute atomic E-state index is 12.1. The second kappa shape index (κ2) is 10.2. The summed E-state index contributed by atoms with van der Waals surface area (Å²) in [5, 5.41) is 5.65. The number of nitrogens with one attached hydrogen (secondary N) is 2. The molecule has 0 spiro atoms. The molecule has 1 aliphatic rings. The molecule has 1 aromatic heterocycles. The molecule has 0 bridgehead atoms. The zero-order chi connectivity index (χ0) is 20.6. The van der Waals surface area contributed by atoms with E-state index in [1.165, 1.54) is 7.11 Å². The molecule has 1 saturated heterocycles. The van der Waals surface area contributed by atoms with Crippen LogP contribution in [0.1, 0.15) is 18.5 Å². The molecule has 0 unspecified atom stereocenters. The Hall–Kier alpha value is -2.64. The van der Waals surface area contributed by atoms with Crippen LogP contribution in [0.2, 0.25) is 5.02 Å². The Morgan fingerprint density at radius 2 is 2.00 bits per heavy atom. The number of likely N-dealkylation sites (tertiary alicyclic amines) is 1. The molecular formula is C21H25ClN4O3. The fraction of sp³-hybridized carbons (Fsp3) is 0.381. The van der Waals surface area contributed by atoms with Gasteiger partial charge in [0.1, 0.15) is 5.75 Å². The molecule has 2 amide bonds. The van der Waals surface area contributed by atoms with Gasteiger partial charge in [0.2, 0.25) is 0 Å². The minimum atomic E-state index is -0.709. The Morgan fingerprint density at radius 3 is 2.66 bits per heavy atom. The van der Waals surface area contributed by atoms with Gasteiger partial charge in [-0.1, -0.05) is 17.7 Å². The molecule has 1 fully saturated rings. The number of hydrogen-bond donors (Lipinski definition) is 2. The first-order chi connectivity index (χ1) is 14.0. The molecule has 3 rings (SSSR count). The zero-order valence-electron chi connectivity index (χ0n) is 16.4. The van der Waals surface area contributed by atoms with Gasteiger partial charge in [0.05, 0.1) is 17.8 Å². The highest BCUT2D eigenvalue weighted by molar-refractivity contribution is 6.40. The molecule has 0 aliphatic carbocycles. The summed E-state index contributed by atoms with van der Waals surface area (Å²) in [5.41, 5.74) is 1.51. The van der Waals surface area contributed by atoms with Gasteiger partial charge in [-0.15, -0.1) is 0 Å². The van der Waals surface area contributed by atoms with Crippen LogP contribution in [-0.2, 0) is 16.1 Å². The minimum Gasteiger partial charge on any atom is -0.495 e. The number of nitrogens with zero attached hydrogens (tertiary/aromatic N) is 2. The molecule has 0 saturated carbocycles. The van der Waals surface area contributed by atoms with Crippen LogP contribution in [-0.4, -0.2) is 48.4 Å². The van der Waals surface area contributed by atoms with Gasteiger partial charge in [-0.3, -0.25) is 19.5 Å². The van der Waals surface area contributed by atoms with Gasteiger partial charge in [-0.2, -0.15) is 0 Å². The van der Waals surface area contributed by atoms with E-state index in [1.54, 1.807) is 18.2 Å². The molecular weight excluding hydrogens is 392 g/mol. The molecule has 8 heteroatoms. The summed E-state index contributed by atoms with van der Waals surface area (Å²) in [6, 6.07) is 10.7. The van der Waals surface area contributed by atoms with E-state index in [2.05, 4.69) is 20.5 Å². The Labute approximate surface area is 175 Å². The summed E-state index contributed by atoms with van der Waals surface area (Å²) in [6.45, 7) is 3.24. The number of benzene rings is 1. The van der Waals surface area contributed by atoms with Gasteiger partial charge in [0.15, 0.2) is 0 Å². The summed E-state index contributed by atoms with van der Waals surface area (Å²) < 4.78 is 5.07. The number of piperidine rings is 1. The van der Waals surface area contributed by atoms with E-state index in [0.29, 0.717) is 28.9 Å². The zero-order valence-corrected chi connectivity index (χ0v) is 17.1. The van der Waals surface area contributed by atoms with Crippen molar-refractivity contribution < 1.29 is 14.3 Å². The van der Waals surface area contributed by atoms with Crippen molar-refractivity contribution >= 4 is 29.1 Å². The summed E-state index contributed by atoms with van der Waals surface area (Å²) in [5.74, 6) is -0.489. The summed E-state index contributed by atoms with van der Waals surface area (Å²) >= 11 is 6.03. The van der Waals surface area contributed by atoms with Crippen molar-refractivity contribution in [1.82, 2.24) is 15.2 Å². The number of halogens is 1. The van der Waals surface area contributed by atoms with Crippen molar-refractivity contribution in [3.05, 3.63) is 53.3 Å². The number of carbonyl (C=O) groups is 2. The van der Waals surface area contributed by atoms with E-state index >= 15 is 0 Å². The fourth-order valence-corrected chi connectivity index (χ4v) is 3.58. The second-order valence-electron chi connectivity index (χ2n) is 7.05. The first-order valence-electron chi connectivity index (χ1n) is 9.60. The quantitative estimate of drug-likeness (QED) is 0.707. The molecule has 29 heavy (non-hydrogen) atoms. The van der Waals surface area contributed by atoms with Gasteiger partial charge < -0.3 is 15.4 Å². The van der Waals surface area contributed by atoms with E-state index < -0.39 is 11.8 Å². The van der Waals surface area contributed by atoms with Crippen molar-refractivity contribution in [2.75, 3.05) is 32.1 Å². The average Bonchev–Trinajstić information content (AvgIpc) is 2.74. The van der Waals surface area contributed by atoms with Gasteiger partial charge in [0, 0.05) is 25.0 Å². The normalized spacial score (nSPS) is 15.0. The smallest absolute Gasteiger partial charge is 0.313 e. The second-order valence-corrected chi connectivity index (χ2v) is 7.46. The standard InChI is InChI=1S/C21H25ClN4O3/c1-29-19-6-5-16(12-18(19)22)25-21(28)20(27)24-13-15-7-10-26(11-8-15)14-17-4-2-3-9-23-17/h2-6,9,12,15H,7-8,10-11,13-14H2,1H3,(H,24,27)(H,25,28). The highest BCUT2D eigenvalue weighted by Gasteiger charge is 2.21. The van der Waals surface area contributed by atoms with E-state index in [9.17, 15) is 9.59 Å². The monoisotopic (exact) mass is 416 g/mol.